The number of rotatable bonds is 3. The largest absolute Gasteiger partial charge is 0.257 e. The molecule has 5 nitrogen and oxygen atoms in total. The topological polar surface area (TPSA) is 64.5 Å². The summed E-state index contributed by atoms with van der Waals surface area (Å²) < 4.78 is 0. The third-order valence-electron chi connectivity index (χ3n) is 7.04. The van der Waals surface area contributed by atoms with Crippen LogP contribution in [0.3, 0.4) is 0 Å². The van der Waals surface area contributed by atoms with E-state index in [-0.39, 0.29) is 22.3 Å². The van der Waals surface area contributed by atoms with Gasteiger partial charge in [0.25, 0.3) is 0 Å². The van der Waals surface area contributed by atoms with Crippen molar-refractivity contribution in [1.29, 1.82) is 0 Å². The van der Waals surface area contributed by atoms with Crippen molar-refractivity contribution >= 4 is 0 Å². The van der Waals surface area contributed by atoms with E-state index in [0.29, 0.717) is 17.8 Å². The summed E-state index contributed by atoms with van der Waals surface area (Å²) >= 11 is 0. The van der Waals surface area contributed by atoms with Crippen molar-refractivity contribution in [3.05, 3.63) is 73.6 Å². The van der Waals surface area contributed by atoms with Gasteiger partial charge in [-0.05, 0) is 109 Å². The monoisotopic (exact) mass is 554 g/mol. The van der Waals surface area contributed by atoms with E-state index in [1.54, 1.807) is 0 Å². The molecule has 0 bridgehead atoms. The minimum atomic E-state index is 0. The number of aryl methyl sites for hydroxylation is 6. The van der Waals surface area contributed by atoms with Gasteiger partial charge >= 0.3 is 0 Å². The minimum absolute atomic E-state index is 0. The van der Waals surface area contributed by atoms with E-state index in [0.717, 1.165) is 34.3 Å². The zero-order valence-electron chi connectivity index (χ0n) is 26.5. The average Bonchev–Trinajstić information content (AvgIpc) is 2.80. The minimum Gasteiger partial charge on any atom is -0.257 e. The van der Waals surface area contributed by atoms with Gasteiger partial charge in [-0.1, -0.05) is 63.8 Å². The Labute approximate surface area is 249 Å². The van der Waals surface area contributed by atoms with Crippen molar-refractivity contribution in [2.24, 2.45) is 0 Å². The molecule has 5 heteroatoms. The highest BCUT2D eigenvalue weighted by atomic mass is 14.9. The molecular formula is C35H63N5. The van der Waals surface area contributed by atoms with Gasteiger partial charge in [0.15, 0.2) is 0 Å². The Kier molecular flexibility index (Phi) is 18.7. The van der Waals surface area contributed by atoms with Gasteiger partial charge in [0.2, 0.25) is 0 Å². The van der Waals surface area contributed by atoms with Gasteiger partial charge in [-0.3, -0.25) is 15.0 Å². The van der Waals surface area contributed by atoms with Gasteiger partial charge in [0, 0.05) is 22.8 Å². The summed E-state index contributed by atoms with van der Waals surface area (Å²) in [6.45, 7) is 33.7. The SMILES string of the molecule is C.C.C.Cc1nc(C(C)C)c(C)c(C)c1C.Cc1nc(C)c(C(C)C)nc1C.Cc1nc(C)c(C)c(C(C)C)n1. The molecule has 0 aliphatic carbocycles. The highest BCUT2D eigenvalue weighted by Crippen LogP contribution is 2.23. The van der Waals surface area contributed by atoms with E-state index < -0.39 is 0 Å². The first-order chi connectivity index (χ1) is 17.0. The Morgan fingerprint density at radius 1 is 0.325 bits per heavy atom. The zero-order valence-corrected chi connectivity index (χ0v) is 26.5. The highest BCUT2D eigenvalue weighted by Gasteiger charge is 2.11. The molecule has 0 radical (unpaired) electrons. The number of hydrogen-bond acceptors (Lipinski definition) is 5. The fourth-order valence-electron chi connectivity index (χ4n) is 4.29. The Bertz CT molecular complexity index is 1210. The van der Waals surface area contributed by atoms with Crippen LogP contribution in [0.2, 0.25) is 0 Å². The zero-order chi connectivity index (χ0) is 28.8. The molecular weight excluding hydrogens is 490 g/mol. The summed E-state index contributed by atoms with van der Waals surface area (Å²) in [4.78, 5) is 22.3. The lowest BCUT2D eigenvalue weighted by Crippen LogP contribution is -2.03. The Balaban J connectivity index is -0.000000495. The molecule has 0 saturated heterocycles. The first kappa shape index (κ1) is 41.8. The van der Waals surface area contributed by atoms with Crippen molar-refractivity contribution in [3.63, 3.8) is 0 Å². The van der Waals surface area contributed by atoms with Crippen LogP contribution >= 0.6 is 0 Å². The molecule has 0 fully saturated rings. The molecule has 228 valence electrons. The number of nitrogens with zero attached hydrogens (tertiary/aromatic N) is 5. The third-order valence-corrected chi connectivity index (χ3v) is 7.04. The van der Waals surface area contributed by atoms with Gasteiger partial charge < -0.3 is 0 Å². The standard InChI is InChI=1S/C12H19N.2C10H16N2.3CH4/c1-7(2)12-10(5)8(3)9(4)11(6)13-12;1-6(2)10-9(5)11-7(3)8(4)12-10;1-6(2)10-7(3)8(4)11-9(5)12-10;;;/h7H,1-6H3;2*6H,1-5H3;3*1H4. The Hall–Kier alpha value is -2.69. The van der Waals surface area contributed by atoms with E-state index in [2.05, 4.69) is 101 Å². The maximum atomic E-state index is 4.63. The van der Waals surface area contributed by atoms with Gasteiger partial charge in [-0.15, -0.1) is 0 Å². The van der Waals surface area contributed by atoms with Gasteiger partial charge in [-0.2, -0.15) is 0 Å². The Morgan fingerprint density at radius 3 is 1.15 bits per heavy atom. The van der Waals surface area contributed by atoms with Crippen LogP contribution < -0.4 is 0 Å². The van der Waals surface area contributed by atoms with Crippen molar-refractivity contribution in [2.75, 3.05) is 0 Å². The second kappa shape index (κ2) is 17.9. The second-order valence-corrected chi connectivity index (χ2v) is 11.2. The predicted octanol–water partition coefficient (Wildman–Crippen LogP) is 10.4. The summed E-state index contributed by atoms with van der Waals surface area (Å²) in [5, 5.41) is 0. The molecule has 0 aromatic carbocycles. The molecule has 3 aromatic rings. The fraction of sp³-hybridized carbons (Fsp3) is 0.629. The van der Waals surface area contributed by atoms with Crippen LogP contribution in [0, 0.1) is 69.2 Å². The average molecular weight is 554 g/mol. The van der Waals surface area contributed by atoms with Crippen LogP contribution in [0.15, 0.2) is 0 Å². The quantitative estimate of drug-likeness (QED) is 0.323. The lowest BCUT2D eigenvalue weighted by Gasteiger charge is -2.15. The smallest absolute Gasteiger partial charge is 0.125 e. The second-order valence-electron chi connectivity index (χ2n) is 11.2. The van der Waals surface area contributed by atoms with Crippen LogP contribution in [-0.2, 0) is 0 Å². The highest BCUT2D eigenvalue weighted by molar-refractivity contribution is 5.38. The van der Waals surface area contributed by atoms with Crippen LogP contribution in [0.4, 0.5) is 0 Å². The van der Waals surface area contributed by atoms with Crippen LogP contribution in [0.1, 0.15) is 155 Å². The van der Waals surface area contributed by atoms with Crippen LogP contribution in [0.5, 0.6) is 0 Å². The van der Waals surface area contributed by atoms with Gasteiger partial charge in [0.1, 0.15) is 5.82 Å². The number of pyridine rings is 1. The normalized spacial score (nSPS) is 10.1. The first-order valence-corrected chi connectivity index (χ1v) is 13.6. The molecule has 3 rings (SSSR count). The molecule has 0 amide bonds. The van der Waals surface area contributed by atoms with Gasteiger partial charge in [0.05, 0.1) is 22.8 Å². The van der Waals surface area contributed by atoms with Gasteiger partial charge in [-0.25, -0.2) is 9.97 Å². The molecule has 0 spiro atoms. The molecule has 3 aromatic heterocycles. The fourth-order valence-corrected chi connectivity index (χ4v) is 4.29. The van der Waals surface area contributed by atoms with E-state index in [4.69, 9.17) is 0 Å². The summed E-state index contributed by atoms with van der Waals surface area (Å²) in [7, 11) is 0. The molecule has 40 heavy (non-hydrogen) atoms. The van der Waals surface area contributed by atoms with Crippen LogP contribution in [0.25, 0.3) is 0 Å². The van der Waals surface area contributed by atoms with Crippen molar-refractivity contribution < 1.29 is 0 Å². The molecule has 0 saturated carbocycles. The molecule has 0 N–H and O–H groups in total. The van der Waals surface area contributed by atoms with Crippen LogP contribution in [-0.4, -0.2) is 24.9 Å². The lowest BCUT2D eigenvalue weighted by molar-refractivity contribution is 0.779. The van der Waals surface area contributed by atoms with E-state index in [1.807, 2.05) is 34.6 Å². The maximum absolute atomic E-state index is 4.63. The predicted molar refractivity (Wildman–Crippen MR) is 178 cm³/mol. The van der Waals surface area contributed by atoms with Crippen molar-refractivity contribution in [1.82, 2.24) is 24.9 Å². The first-order valence-electron chi connectivity index (χ1n) is 13.6. The number of hydrogen-bond donors (Lipinski definition) is 0. The van der Waals surface area contributed by atoms with E-state index in [9.17, 15) is 0 Å². The van der Waals surface area contributed by atoms with E-state index in [1.165, 1.54) is 39.3 Å². The lowest BCUT2D eigenvalue weighted by atomic mass is 9.97. The third kappa shape index (κ3) is 11.1. The van der Waals surface area contributed by atoms with Crippen molar-refractivity contribution in [3.8, 4) is 0 Å². The van der Waals surface area contributed by atoms with Crippen molar-refractivity contribution in [2.45, 2.75) is 151 Å². The Morgan fingerprint density at radius 2 is 0.700 bits per heavy atom. The summed E-state index contributed by atoms with van der Waals surface area (Å²) in [6, 6.07) is 0. The molecule has 0 atom stereocenters. The summed E-state index contributed by atoms with van der Waals surface area (Å²) in [6.07, 6.45) is 0. The summed E-state index contributed by atoms with van der Waals surface area (Å²) in [5.74, 6) is 2.36. The molecule has 3 heterocycles. The summed E-state index contributed by atoms with van der Waals surface area (Å²) in [5.41, 5.74) is 14.3. The molecule has 0 unspecified atom stereocenters. The van der Waals surface area contributed by atoms with E-state index >= 15 is 0 Å². The number of aromatic nitrogens is 5. The molecule has 0 aliphatic rings. The maximum Gasteiger partial charge on any atom is 0.125 e. The molecule has 0 aliphatic heterocycles.